The highest BCUT2D eigenvalue weighted by Crippen LogP contribution is 2.24. The second-order valence-electron chi connectivity index (χ2n) is 3.89. The van der Waals surface area contributed by atoms with E-state index in [9.17, 15) is 17.6 Å². The minimum Gasteiger partial charge on any atom is -0.478 e. The van der Waals surface area contributed by atoms with Gasteiger partial charge in [0.25, 0.3) is 10.0 Å². The van der Waals surface area contributed by atoms with Crippen LogP contribution in [-0.2, 0) is 10.0 Å². The molecule has 0 unspecified atom stereocenters. The Bertz CT molecular complexity index is 811. The number of carboxylic acids is 1. The summed E-state index contributed by atoms with van der Waals surface area (Å²) in [5.74, 6) is -2.35. The van der Waals surface area contributed by atoms with Crippen LogP contribution in [0.3, 0.4) is 0 Å². The van der Waals surface area contributed by atoms with Gasteiger partial charge in [-0.2, -0.15) is 8.42 Å². The van der Waals surface area contributed by atoms with Crippen LogP contribution in [0.2, 0.25) is 0 Å². The number of carboxylic acid groups (broad SMARTS) is 1. The molecule has 0 amide bonds. The van der Waals surface area contributed by atoms with E-state index in [-0.39, 0.29) is 11.3 Å². The number of benzene rings is 1. The van der Waals surface area contributed by atoms with Gasteiger partial charge >= 0.3 is 5.97 Å². The fraction of sp³-hybridized carbons (Fsp3) is 0. The first-order valence-corrected chi connectivity index (χ1v) is 7.75. The number of hydrogen-bond acceptors (Lipinski definition) is 4. The average molecular weight is 375 g/mol. The van der Waals surface area contributed by atoms with E-state index in [4.69, 9.17) is 5.11 Å². The lowest BCUT2D eigenvalue weighted by Gasteiger charge is -2.10. The lowest BCUT2D eigenvalue weighted by molar-refractivity contribution is 0.0698. The number of nitrogens with zero attached hydrogens (tertiary/aromatic N) is 1. The van der Waals surface area contributed by atoms with Gasteiger partial charge in [-0.1, -0.05) is 15.9 Å². The Labute approximate surface area is 127 Å². The number of hydrogen-bond donors (Lipinski definition) is 2. The fourth-order valence-electron chi connectivity index (χ4n) is 1.55. The second kappa shape index (κ2) is 5.78. The van der Waals surface area contributed by atoms with Crippen LogP contribution in [0.4, 0.5) is 10.1 Å². The molecule has 0 atom stereocenters. The van der Waals surface area contributed by atoms with E-state index < -0.39 is 26.8 Å². The van der Waals surface area contributed by atoms with Gasteiger partial charge < -0.3 is 5.11 Å². The van der Waals surface area contributed by atoms with Gasteiger partial charge in [0.15, 0.2) is 5.82 Å². The van der Waals surface area contributed by atoms with Crippen LogP contribution < -0.4 is 4.72 Å². The van der Waals surface area contributed by atoms with Gasteiger partial charge in [-0.25, -0.2) is 14.2 Å². The molecule has 1 aromatic carbocycles. The Morgan fingerprint density at radius 2 is 2.05 bits per heavy atom. The number of aromatic nitrogens is 1. The van der Waals surface area contributed by atoms with Gasteiger partial charge in [0, 0.05) is 10.7 Å². The summed E-state index contributed by atoms with van der Waals surface area (Å²) in [5, 5.41) is 8.23. The molecule has 0 fully saturated rings. The highest BCUT2D eigenvalue weighted by atomic mass is 79.9. The number of nitrogens with one attached hydrogen (secondary N) is 1. The van der Waals surface area contributed by atoms with E-state index in [2.05, 4.69) is 20.9 Å². The first-order chi connectivity index (χ1) is 9.81. The fourth-order valence-corrected chi connectivity index (χ4v) is 2.99. The summed E-state index contributed by atoms with van der Waals surface area (Å²) >= 11 is 3.11. The summed E-state index contributed by atoms with van der Waals surface area (Å²) in [7, 11) is -4.34. The van der Waals surface area contributed by atoms with Gasteiger partial charge in [0.1, 0.15) is 0 Å². The Morgan fingerprint density at radius 3 is 2.67 bits per heavy atom. The molecule has 0 saturated carbocycles. The first kappa shape index (κ1) is 15.4. The van der Waals surface area contributed by atoms with Crippen molar-refractivity contribution in [2.45, 2.75) is 5.03 Å². The number of sulfonamides is 1. The molecule has 6 nitrogen and oxygen atoms in total. The van der Waals surface area contributed by atoms with Crippen LogP contribution in [0.25, 0.3) is 0 Å². The van der Waals surface area contributed by atoms with Crippen molar-refractivity contribution in [2.24, 2.45) is 0 Å². The molecule has 0 aliphatic heterocycles. The van der Waals surface area contributed by atoms with Crippen molar-refractivity contribution in [1.82, 2.24) is 4.98 Å². The molecule has 0 bridgehead atoms. The molecule has 110 valence electrons. The molecule has 1 heterocycles. The third kappa shape index (κ3) is 3.37. The molecule has 0 saturated heterocycles. The summed E-state index contributed by atoms with van der Waals surface area (Å²) in [5.41, 5.74) is -0.458. The van der Waals surface area contributed by atoms with Crippen LogP contribution in [0.1, 0.15) is 10.4 Å². The highest BCUT2D eigenvalue weighted by molar-refractivity contribution is 9.10. The number of carbonyl (C=O) groups is 1. The van der Waals surface area contributed by atoms with Crippen molar-refractivity contribution < 1.29 is 22.7 Å². The third-order valence-electron chi connectivity index (χ3n) is 2.44. The SMILES string of the molecule is O=C(O)c1ccc(Br)cc1NS(=O)(=O)c1ncccc1F. The maximum atomic E-state index is 13.5. The van der Waals surface area contributed by atoms with Crippen LogP contribution in [0.5, 0.6) is 0 Å². The van der Waals surface area contributed by atoms with Gasteiger partial charge in [-0.15, -0.1) is 0 Å². The molecule has 21 heavy (non-hydrogen) atoms. The number of aromatic carboxylic acids is 1. The second-order valence-corrected chi connectivity index (χ2v) is 6.40. The molecule has 0 spiro atoms. The summed E-state index contributed by atoms with van der Waals surface area (Å²) in [4.78, 5) is 14.5. The van der Waals surface area contributed by atoms with E-state index in [1.807, 2.05) is 4.72 Å². The van der Waals surface area contributed by atoms with Crippen LogP contribution in [0, 0.1) is 5.82 Å². The normalized spacial score (nSPS) is 11.1. The van der Waals surface area contributed by atoms with E-state index >= 15 is 0 Å². The molecule has 2 rings (SSSR count). The molecule has 0 radical (unpaired) electrons. The molecule has 2 aromatic rings. The third-order valence-corrected chi connectivity index (χ3v) is 4.23. The zero-order valence-electron chi connectivity index (χ0n) is 10.2. The summed E-state index contributed by atoms with van der Waals surface area (Å²) < 4.78 is 40.2. The largest absolute Gasteiger partial charge is 0.478 e. The van der Waals surface area contributed by atoms with Crippen LogP contribution in [0.15, 0.2) is 46.0 Å². The Balaban J connectivity index is 2.49. The lowest BCUT2D eigenvalue weighted by atomic mass is 10.2. The van der Waals surface area contributed by atoms with E-state index in [1.165, 1.54) is 24.3 Å². The number of halogens is 2. The smallest absolute Gasteiger partial charge is 0.337 e. The number of anilines is 1. The van der Waals surface area contributed by atoms with Crippen LogP contribution in [-0.4, -0.2) is 24.5 Å². The van der Waals surface area contributed by atoms with E-state index in [1.54, 1.807) is 0 Å². The topological polar surface area (TPSA) is 96.4 Å². The predicted octanol–water partition coefficient (Wildman–Crippen LogP) is 2.48. The van der Waals surface area contributed by atoms with Gasteiger partial charge in [0.05, 0.1) is 11.3 Å². The van der Waals surface area contributed by atoms with Crippen molar-refractivity contribution >= 4 is 37.6 Å². The highest BCUT2D eigenvalue weighted by Gasteiger charge is 2.23. The maximum absolute atomic E-state index is 13.5. The molecule has 9 heteroatoms. The Hall–Kier alpha value is -2.00. The quantitative estimate of drug-likeness (QED) is 0.856. The summed E-state index contributed by atoms with van der Waals surface area (Å²) in [6, 6.07) is 6.13. The predicted molar refractivity (Wildman–Crippen MR) is 76.1 cm³/mol. The lowest BCUT2D eigenvalue weighted by Crippen LogP contribution is -2.18. The van der Waals surface area contributed by atoms with Gasteiger partial charge in [-0.3, -0.25) is 4.72 Å². The molecule has 1 aromatic heterocycles. The summed E-state index contributed by atoms with van der Waals surface area (Å²) in [6.07, 6.45) is 1.12. The average Bonchev–Trinajstić information content (AvgIpc) is 2.38. The minimum atomic E-state index is -4.34. The first-order valence-electron chi connectivity index (χ1n) is 5.47. The monoisotopic (exact) mass is 374 g/mol. The zero-order chi connectivity index (χ0) is 15.6. The number of pyridine rings is 1. The van der Waals surface area contributed by atoms with Crippen molar-refractivity contribution in [3.8, 4) is 0 Å². The van der Waals surface area contributed by atoms with Gasteiger partial charge in [0.2, 0.25) is 5.03 Å². The van der Waals surface area contributed by atoms with E-state index in [0.29, 0.717) is 4.47 Å². The maximum Gasteiger partial charge on any atom is 0.337 e. The van der Waals surface area contributed by atoms with Gasteiger partial charge in [-0.05, 0) is 30.3 Å². The summed E-state index contributed by atoms with van der Waals surface area (Å²) in [6.45, 7) is 0. The van der Waals surface area contributed by atoms with E-state index in [0.717, 1.165) is 12.3 Å². The van der Waals surface area contributed by atoms with Crippen molar-refractivity contribution in [3.63, 3.8) is 0 Å². The van der Waals surface area contributed by atoms with Crippen molar-refractivity contribution in [2.75, 3.05) is 4.72 Å². The Morgan fingerprint density at radius 1 is 1.33 bits per heavy atom. The molecule has 0 aliphatic rings. The molecule has 2 N–H and O–H groups in total. The van der Waals surface area contributed by atoms with Crippen LogP contribution >= 0.6 is 15.9 Å². The van der Waals surface area contributed by atoms with Crippen molar-refractivity contribution in [3.05, 3.63) is 52.4 Å². The molecular weight excluding hydrogens is 367 g/mol. The molecular formula is C12H8BrFN2O4S. The van der Waals surface area contributed by atoms with Crippen molar-refractivity contribution in [1.29, 1.82) is 0 Å². The zero-order valence-corrected chi connectivity index (χ0v) is 12.6. The molecule has 0 aliphatic carbocycles. The number of rotatable bonds is 4. The standard InChI is InChI=1S/C12H8BrFN2O4S/c13-7-3-4-8(12(17)18)10(6-7)16-21(19,20)11-9(14)2-1-5-15-11/h1-6,16H,(H,17,18). The minimum absolute atomic E-state index is 0.193. The Kier molecular flexibility index (Phi) is 4.24.